The molecule has 3 unspecified atom stereocenters. The van der Waals surface area contributed by atoms with Gasteiger partial charge in [-0.05, 0) is 55.0 Å². The molecule has 2 amide bonds. The number of fused-ring (bicyclic) bond motifs is 2. The van der Waals surface area contributed by atoms with Gasteiger partial charge < -0.3 is 24.4 Å². The molecular formula is C32H38N2O6. The van der Waals surface area contributed by atoms with Crippen molar-refractivity contribution in [2.24, 2.45) is 17.8 Å². The van der Waals surface area contributed by atoms with Gasteiger partial charge in [0, 0.05) is 25.4 Å². The van der Waals surface area contributed by atoms with E-state index in [1.807, 2.05) is 56.3 Å². The molecule has 2 aromatic rings. The number of anilines is 1. The molecule has 8 heteroatoms. The SMILES string of the molecule is C=CCCOC(=O)[C@@H]1[C@H]2C(=O)N(CCCO)C(C(=O)N(CC=C)c3ccc4ccccc4c3)C23CC(C)[C@@]1(C)O3. The number of esters is 1. The maximum atomic E-state index is 14.6. The van der Waals surface area contributed by atoms with Crippen LogP contribution in [0.15, 0.2) is 67.8 Å². The molecule has 5 rings (SSSR count). The van der Waals surface area contributed by atoms with E-state index in [1.54, 1.807) is 17.1 Å². The number of ether oxygens (including phenoxy) is 2. The topological polar surface area (TPSA) is 96.4 Å². The number of aliphatic hydroxyl groups excluding tert-OH is 1. The van der Waals surface area contributed by atoms with E-state index in [4.69, 9.17) is 9.47 Å². The van der Waals surface area contributed by atoms with Gasteiger partial charge in [-0.2, -0.15) is 0 Å². The molecule has 40 heavy (non-hydrogen) atoms. The molecule has 1 spiro atoms. The predicted octanol–water partition coefficient (Wildman–Crippen LogP) is 3.87. The van der Waals surface area contributed by atoms with E-state index >= 15 is 0 Å². The lowest BCUT2D eigenvalue weighted by molar-refractivity contribution is -0.161. The van der Waals surface area contributed by atoms with E-state index in [0.29, 0.717) is 24.9 Å². The van der Waals surface area contributed by atoms with Crippen molar-refractivity contribution in [3.8, 4) is 0 Å². The standard InChI is InChI=1S/C32H38N2O6/c1-5-7-18-39-30(38)26-25-28(36)34(16-10-17-35)27(32(25)20-21(3)31(26,4)40-32)29(37)33(15-6-2)24-14-13-22-11-8-9-12-23(22)19-24/h5-6,8-9,11-14,19,21,25-27,35H,1-2,7,10,15-18,20H2,3-4H3/t21?,25-,26-,27?,31+,32?/m0/s1. The van der Waals surface area contributed by atoms with Crippen LogP contribution in [-0.4, -0.2) is 71.3 Å². The summed E-state index contributed by atoms with van der Waals surface area (Å²) in [6.07, 6.45) is 4.59. The summed E-state index contributed by atoms with van der Waals surface area (Å²) in [5.74, 6) is -2.85. The van der Waals surface area contributed by atoms with Crippen LogP contribution in [0.3, 0.4) is 0 Å². The highest BCUT2D eigenvalue weighted by Crippen LogP contribution is 2.65. The van der Waals surface area contributed by atoms with E-state index in [-0.39, 0.29) is 44.0 Å². The van der Waals surface area contributed by atoms with Crippen LogP contribution in [0.25, 0.3) is 10.8 Å². The Labute approximate surface area is 235 Å². The molecule has 2 aromatic carbocycles. The van der Waals surface area contributed by atoms with Crippen molar-refractivity contribution in [2.75, 3.05) is 31.2 Å². The fourth-order valence-corrected chi connectivity index (χ4v) is 7.13. The summed E-state index contributed by atoms with van der Waals surface area (Å²) in [6.45, 7) is 11.9. The number of likely N-dealkylation sites (tertiary alicyclic amines) is 1. The lowest BCUT2D eigenvalue weighted by Crippen LogP contribution is -2.57. The number of nitrogens with zero attached hydrogens (tertiary/aromatic N) is 2. The highest BCUT2D eigenvalue weighted by Gasteiger charge is 2.80. The lowest BCUT2D eigenvalue weighted by atomic mass is 9.62. The van der Waals surface area contributed by atoms with E-state index in [2.05, 4.69) is 13.2 Å². The summed E-state index contributed by atoms with van der Waals surface area (Å²) in [4.78, 5) is 45.4. The second kappa shape index (κ2) is 10.8. The molecule has 0 aliphatic carbocycles. The summed E-state index contributed by atoms with van der Waals surface area (Å²) < 4.78 is 12.3. The summed E-state index contributed by atoms with van der Waals surface area (Å²) >= 11 is 0. The highest BCUT2D eigenvalue weighted by molar-refractivity contribution is 6.05. The van der Waals surface area contributed by atoms with E-state index in [9.17, 15) is 19.5 Å². The van der Waals surface area contributed by atoms with Gasteiger partial charge in [-0.25, -0.2) is 0 Å². The van der Waals surface area contributed by atoms with Gasteiger partial charge in [-0.3, -0.25) is 14.4 Å². The molecule has 3 aliphatic rings. The van der Waals surface area contributed by atoms with Crippen molar-refractivity contribution in [3.63, 3.8) is 0 Å². The smallest absolute Gasteiger partial charge is 0.312 e. The second-order valence-corrected chi connectivity index (χ2v) is 11.3. The monoisotopic (exact) mass is 546 g/mol. The van der Waals surface area contributed by atoms with Gasteiger partial charge in [0.1, 0.15) is 17.6 Å². The summed E-state index contributed by atoms with van der Waals surface area (Å²) in [5, 5.41) is 11.7. The fraction of sp³-hybridized carbons (Fsp3) is 0.469. The first-order valence-corrected chi connectivity index (χ1v) is 14.0. The average molecular weight is 547 g/mol. The number of rotatable bonds is 11. The van der Waals surface area contributed by atoms with Gasteiger partial charge in [0.15, 0.2) is 0 Å². The fourth-order valence-electron chi connectivity index (χ4n) is 7.13. The zero-order valence-electron chi connectivity index (χ0n) is 23.3. The number of benzene rings is 2. The Hall–Kier alpha value is -3.49. The van der Waals surface area contributed by atoms with E-state index in [1.165, 1.54) is 4.90 Å². The largest absolute Gasteiger partial charge is 0.465 e. The first-order valence-electron chi connectivity index (χ1n) is 14.0. The Morgan fingerprint density at radius 3 is 2.65 bits per heavy atom. The number of hydrogen-bond donors (Lipinski definition) is 1. The van der Waals surface area contributed by atoms with Gasteiger partial charge in [-0.15, -0.1) is 13.2 Å². The summed E-state index contributed by atoms with van der Waals surface area (Å²) in [6, 6.07) is 12.8. The predicted molar refractivity (Wildman–Crippen MR) is 152 cm³/mol. The van der Waals surface area contributed by atoms with Crippen LogP contribution in [0.2, 0.25) is 0 Å². The maximum absolute atomic E-state index is 14.6. The number of carbonyl (C=O) groups excluding carboxylic acids is 3. The Kier molecular flexibility index (Phi) is 7.59. The number of aliphatic hydroxyl groups is 1. The third kappa shape index (κ3) is 4.25. The van der Waals surface area contributed by atoms with Crippen molar-refractivity contribution in [1.29, 1.82) is 0 Å². The van der Waals surface area contributed by atoms with Crippen LogP contribution in [-0.2, 0) is 23.9 Å². The Morgan fingerprint density at radius 1 is 1.20 bits per heavy atom. The van der Waals surface area contributed by atoms with Crippen molar-refractivity contribution >= 4 is 34.2 Å². The third-order valence-corrected chi connectivity index (χ3v) is 9.05. The minimum atomic E-state index is -1.18. The van der Waals surface area contributed by atoms with Crippen molar-refractivity contribution < 1.29 is 29.0 Å². The normalized spacial score (nSPS) is 30.4. The van der Waals surface area contributed by atoms with Gasteiger partial charge in [-0.1, -0.05) is 49.4 Å². The zero-order chi connectivity index (χ0) is 28.7. The lowest BCUT2D eigenvalue weighted by Gasteiger charge is -2.37. The summed E-state index contributed by atoms with van der Waals surface area (Å²) in [7, 11) is 0. The van der Waals surface area contributed by atoms with Crippen LogP contribution in [0.1, 0.15) is 33.1 Å². The highest BCUT2D eigenvalue weighted by atomic mass is 16.6. The van der Waals surface area contributed by atoms with E-state index < -0.39 is 35.0 Å². The first-order chi connectivity index (χ1) is 19.2. The average Bonchev–Trinajstić information content (AvgIpc) is 3.46. The molecule has 3 heterocycles. The molecule has 1 N–H and O–H groups in total. The Bertz CT molecular complexity index is 1340. The van der Waals surface area contributed by atoms with Crippen molar-refractivity contribution in [2.45, 2.75) is 50.4 Å². The molecule has 3 saturated heterocycles. The molecule has 212 valence electrons. The third-order valence-electron chi connectivity index (χ3n) is 9.05. The molecule has 0 aromatic heterocycles. The minimum Gasteiger partial charge on any atom is -0.465 e. The molecule has 3 aliphatic heterocycles. The zero-order valence-corrected chi connectivity index (χ0v) is 23.3. The molecule has 3 fully saturated rings. The first kappa shape index (κ1) is 28.1. The molecule has 8 nitrogen and oxygen atoms in total. The molecule has 0 saturated carbocycles. The van der Waals surface area contributed by atoms with Crippen LogP contribution >= 0.6 is 0 Å². The van der Waals surface area contributed by atoms with Gasteiger partial charge in [0.25, 0.3) is 5.91 Å². The van der Waals surface area contributed by atoms with Crippen LogP contribution in [0.5, 0.6) is 0 Å². The molecule has 2 bridgehead atoms. The number of amides is 2. The van der Waals surface area contributed by atoms with Crippen molar-refractivity contribution in [1.82, 2.24) is 4.90 Å². The Balaban J connectivity index is 1.58. The van der Waals surface area contributed by atoms with Crippen LogP contribution < -0.4 is 4.90 Å². The van der Waals surface area contributed by atoms with Gasteiger partial charge >= 0.3 is 5.97 Å². The quantitative estimate of drug-likeness (QED) is 0.261. The van der Waals surface area contributed by atoms with Gasteiger partial charge in [0.05, 0.1) is 18.1 Å². The summed E-state index contributed by atoms with van der Waals surface area (Å²) in [5.41, 5.74) is -1.44. The maximum Gasteiger partial charge on any atom is 0.312 e. The van der Waals surface area contributed by atoms with Crippen LogP contribution in [0, 0.1) is 17.8 Å². The number of carbonyl (C=O) groups is 3. The van der Waals surface area contributed by atoms with Gasteiger partial charge in [0.2, 0.25) is 5.91 Å². The van der Waals surface area contributed by atoms with Crippen molar-refractivity contribution in [3.05, 3.63) is 67.8 Å². The van der Waals surface area contributed by atoms with Crippen LogP contribution in [0.4, 0.5) is 5.69 Å². The molecule has 0 radical (unpaired) electrons. The molecular weight excluding hydrogens is 508 g/mol. The minimum absolute atomic E-state index is 0.0879. The Morgan fingerprint density at radius 2 is 1.95 bits per heavy atom. The number of hydrogen-bond acceptors (Lipinski definition) is 6. The van der Waals surface area contributed by atoms with E-state index in [0.717, 1.165) is 10.8 Å². The second-order valence-electron chi connectivity index (χ2n) is 11.3. The molecule has 6 atom stereocenters.